The van der Waals surface area contributed by atoms with Crippen LogP contribution in [0.15, 0.2) is 30.3 Å². The molecule has 3 rings (SSSR count). The van der Waals surface area contributed by atoms with Crippen molar-refractivity contribution in [1.29, 1.82) is 0 Å². The summed E-state index contributed by atoms with van der Waals surface area (Å²) in [4.78, 5) is 26.0. The highest BCUT2D eigenvalue weighted by Crippen LogP contribution is 2.30. The first-order valence-electron chi connectivity index (χ1n) is 9.75. The van der Waals surface area contributed by atoms with Crippen LogP contribution in [0.5, 0.6) is 0 Å². The maximum atomic E-state index is 13.3. The Bertz CT molecular complexity index is 882. The second kappa shape index (κ2) is 8.60. The van der Waals surface area contributed by atoms with E-state index >= 15 is 0 Å². The lowest BCUT2D eigenvalue weighted by Gasteiger charge is -2.38. The first-order chi connectivity index (χ1) is 13.8. The molecular weight excluding hydrogens is 374 g/mol. The predicted molar refractivity (Wildman–Crippen MR) is 109 cm³/mol. The molecule has 0 spiro atoms. The molecule has 1 aliphatic rings. The molecular formula is C20H27N5O4. The Balaban J connectivity index is 1.80. The lowest BCUT2D eigenvalue weighted by molar-refractivity contribution is -0.384. The molecule has 1 saturated heterocycles. The van der Waals surface area contributed by atoms with E-state index in [0.29, 0.717) is 25.2 Å². The number of carbonyl (C=O) groups excluding carboxylic acids is 1. The molecule has 2 heterocycles. The number of hydrogen-bond donors (Lipinski definition) is 1. The third-order valence-electron chi connectivity index (χ3n) is 5.13. The van der Waals surface area contributed by atoms with Crippen molar-refractivity contribution in [2.45, 2.75) is 45.4 Å². The molecule has 0 radical (unpaired) electrons. The van der Waals surface area contributed by atoms with Gasteiger partial charge in [0.15, 0.2) is 0 Å². The molecule has 9 heteroatoms. The van der Waals surface area contributed by atoms with Crippen molar-refractivity contribution in [3.8, 4) is 0 Å². The lowest BCUT2D eigenvalue weighted by Crippen LogP contribution is -2.51. The molecule has 0 aliphatic carbocycles. The summed E-state index contributed by atoms with van der Waals surface area (Å²) in [6.45, 7) is 6.33. The van der Waals surface area contributed by atoms with Gasteiger partial charge in [-0.3, -0.25) is 14.9 Å². The van der Waals surface area contributed by atoms with Crippen LogP contribution >= 0.6 is 0 Å². The van der Waals surface area contributed by atoms with Gasteiger partial charge in [0.05, 0.1) is 17.6 Å². The molecule has 1 aliphatic heterocycles. The summed E-state index contributed by atoms with van der Waals surface area (Å²) >= 11 is 0. The number of morpholine rings is 1. The summed E-state index contributed by atoms with van der Waals surface area (Å²) in [5.74, 6) is 0.144. The second-order valence-electron chi connectivity index (χ2n) is 7.36. The number of nitrogens with zero attached hydrogens (tertiary/aromatic N) is 4. The highest BCUT2D eigenvalue weighted by molar-refractivity contribution is 5.85. The smallest absolute Gasteiger partial charge is 0.333 e. The molecule has 156 valence electrons. The minimum absolute atomic E-state index is 0.100. The number of rotatable bonds is 6. The van der Waals surface area contributed by atoms with Crippen LogP contribution in [-0.2, 0) is 16.6 Å². The topological polar surface area (TPSA) is 103 Å². The maximum Gasteiger partial charge on any atom is 0.333 e. The van der Waals surface area contributed by atoms with E-state index in [0.717, 1.165) is 5.56 Å². The van der Waals surface area contributed by atoms with Crippen molar-refractivity contribution >= 4 is 17.4 Å². The first kappa shape index (κ1) is 20.8. The van der Waals surface area contributed by atoms with Crippen molar-refractivity contribution in [3.05, 3.63) is 51.7 Å². The fraction of sp³-hybridized carbons (Fsp3) is 0.500. The van der Waals surface area contributed by atoms with E-state index in [1.54, 1.807) is 18.9 Å². The molecule has 3 atom stereocenters. The zero-order chi connectivity index (χ0) is 21.1. The minimum atomic E-state index is -0.592. The number of benzene rings is 1. The van der Waals surface area contributed by atoms with E-state index in [-0.39, 0.29) is 29.6 Å². The van der Waals surface area contributed by atoms with Crippen molar-refractivity contribution in [1.82, 2.24) is 14.7 Å². The average molecular weight is 401 g/mol. The highest BCUT2D eigenvalue weighted by atomic mass is 16.6. The molecule has 2 aromatic rings. The Morgan fingerprint density at radius 2 is 2.07 bits per heavy atom. The zero-order valence-corrected chi connectivity index (χ0v) is 17.2. The minimum Gasteiger partial charge on any atom is -0.367 e. The van der Waals surface area contributed by atoms with Crippen LogP contribution in [0.25, 0.3) is 0 Å². The van der Waals surface area contributed by atoms with Gasteiger partial charge in [-0.05, 0) is 25.8 Å². The van der Waals surface area contributed by atoms with Crippen LogP contribution in [0.2, 0.25) is 0 Å². The maximum absolute atomic E-state index is 13.3. The molecule has 3 unspecified atom stereocenters. The van der Waals surface area contributed by atoms with Gasteiger partial charge in [-0.15, -0.1) is 0 Å². The Labute approximate surface area is 169 Å². The summed E-state index contributed by atoms with van der Waals surface area (Å²) in [7, 11) is 1.63. The van der Waals surface area contributed by atoms with Crippen molar-refractivity contribution in [3.63, 3.8) is 0 Å². The summed E-state index contributed by atoms with van der Waals surface area (Å²) < 4.78 is 7.45. The van der Waals surface area contributed by atoms with E-state index in [9.17, 15) is 14.9 Å². The number of ether oxygens (including phenoxy) is 1. The van der Waals surface area contributed by atoms with Crippen LogP contribution in [0.1, 0.15) is 37.6 Å². The van der Waals surface area contributed by atoms with Gasteiger partial charge >= 0.3 is 5.69 Å². The van der Waals surface area contributed by atoms with Gasteiger partial charge in [0.25, 0.3) is 0 Å². The van der Waals surface area contributed by atoms with Gasteiger partial charge in [-0.25, -0.2) is 4.68 Å². The van der Waals surface area contributed by atoms with E-state index in [2.05, 4.69) is 10.4 Å². The third kappa shape index (κ3) is 4.40. The number of hydrogen-bond acceptors (Lipinski definition) is 6. The summed E-state index contributed by atoms with van der Waals surface area (Å²) in [5, 5.41) is 18.6. The van der Waals surface area contributed by atoms with Gasteiger partial charge in [0, 0.05) is 13.6 Å². The molecule has 1 amide bonds. The van der Waals surface area contributed by atoms with Crippen molar-refractivity contribution in [2.24, 2.45) is 7.05 Å². The number of aryl methyl sites for hydroxylation is 2. The lowest BCUT2D eigenvalue weighted by atomic mass is 10.1. The zero-order valence-electron chi connectivity index (χ0n) is 17.2. The molecule has 29 heavy (non-hydrogen) atoms. The number of amides is 1. The summed E-state index contributed by atoms with van der Waals surface area (Å²) in [6.07, 6.45) is 0.181. The Morgan fingerprint density at radius 3 is 2.69 bits per heavy atom. The van der Waals surface area contributed by atoms with Crippen LogP contribution in [-0.4, -0.2) is 50.7 Å². The summed E-state index contributed by atoms with van der Waals surface area (Å²) in [6, 6.07) is 9.23. The fourth-order valence-corrected chi connectivity index (χ4v) is 3.73. The van der Waals surface area contributed by atoms with Gasteiger partial charge < -0.3 is 15.0 Å². The Morgan fingerprint density at radius 1 is 1.38 bits per heavy atom. The number of nitrogens with one attached hydrogen (secondary N) is 1. The fourth-order valence-electron chi connectivity index (χ4n) is 3.73. The SMILES string of the molecule is CCC(Nc1c([N+](=O)[O-])c(C)nn1C)C(=O)N1CC(C)OC(c2ccccc2)C1. The van der Waals surface area contributed by atoms with Crippen LogP contribution in [0, 0.1) is 17.0 Å². The van der Waals surface area contributed by atoms with Crippen LogP contribution in [0.4, 0.5) is 11.5 Å². The van der Waals surface area contributed by atoms with Crippen molar-refractivity contribution < 1.29 is 14.5 Å². The number of aromatic nitrogens is 2. The Hall–Kier alpha value is -2.94. The normalized spacial score (nSPS) is 20.3. The van der Waals surface area contributed by atoms with E-state index < -0.39 is 11.0 Å². The number of nitro groups is 1. The monoisotopic (exact) mass is 401 g/mol. The highest BCUT2D eigenvalue weighted by Gasteiger charge is 2.34. The average Bonchev–Trinajstić information content (AvgIpc) is 2.98. The van der Waals surface area contributed by atoms with Crippen molar-refractivity contribution in [2.75, 3.05) is 18.4 Å². The van der Waals surface area contributed by atoms with Crippen LogP contribution < -0.4 is 5.32 Å². The molecule has 1 aromatic heterocycles. The molecule has 1 aromatic carbocycles. The molecule has 0 bridgehead atoms. The van der Waals surface area contributed by atoms with E-state index in [1.807, 2.05) is 44.2 Å². The first-order valence-corrected chi connectivity index (χ1v) is 9.75. The molecule has 0 saturated carbocycles. The largest absolute Gasteiger partial charge is 0.367 e. The second-order valence-corrected chi connectivity index (χ2v) is 7.36. The predicted octanol–water partition coefficient (Wildman–Crippen LogP) is 2.82. The Kier molecular flexibility index (Phi) is 6.17. The quantitative estimate of drug-likeness (QED) is 0.590. The molecule has 1 N–H and O–H groups in total. The standard InChI is InChI=1S/C20H27N5O4/c1-5-16(21-19-18(25(27)28)14(3)22-23(19)4)20(26)24-11-13(2)29-17(12-24)15-9-7-6-8-10-15/h6-10,13,16-17,21H,5,11-12H2,1-4H3. The summed E-state index contributed by atoms with van der Waals surface area (Å²) in [5.41, 5.74) is 1.23. The third-order valence-corrected chi connectivity index (χ3v) is 5.13. The van der Waals surface area contributed by atoms with Crippen LogP contribution in [0.3, 0.4) is 0 Å². The number of anilines is 1. The van der Waals surface area contributed by atoms with E-state index in [4.69, 9.17) is 4.74 Å². The van der Waals surface area contributed by atoms with Gasteiger partial charge in [-0.1, -0.05) is 37.3 Å². The van der Waals surface area contributed by atoms with E-state index in [1.165, 1.54) is 4.68 Å². The van der Waals surface area contributed by atoms with Gasteiger partial charge in [0.2, 0.25) is 11.7 Å². The van der Waals surface area contributed by atoms with Gasteiger partial charge in [-0.2, -0.15) is 5.10 Å². The molecule has 1 fully saturated rings. The molecule has 9 nitrogen and oxygen atoms in total. The van der Waals surface area contributed by atoms with Gasteiger partial charge in [0.1, 0.15) is 17.8 Å². The number of carbonyl (C=O) groups is 1.